The van der Waals surface area contributed by atoms with Gasteiger partial charge in [-0.3, -0.25) is 4.57 Å². The van der Waals surface area contributed by atoms with Crippen molar-refractivity contribution in [1.29, 1.82) is 0 Å². The zero-order chi connectivity index (χ0) is 24.1. The summed E-state index contributed by atoms with van der Waals surface area (Å²) in [4.78, 5) is 0.110. The summed E-state index contributed by atoms with van der Waals surface area (Å²) in [5.74, 6) is 1.58. The standard InChI is InChI=1S/C23H20Cl2N4O3S2/c1-32-18-8-10-19(11-9-18)34(30,31)26-14-22-27-28-23(33-15-16-5-3-2-4-6-16)29(22)21-13-17(24)7-12-20(21)25/h2-13,26H,14-15H2,1H3. The summed E-state index contributed by atoms with van der Waals surface area (Å²) in [5, 5.41) is 10.0. The molecule has 3 aromatic carbocycles. The Morgan fingerprint density at radius 2 is 1.74 bits per heavy atom. The Morgan fingerprint density at radius 3 is 2.44 bits per heavy atom. The molecule has 0 fully saturated rings. The van der Waals surface area contributed by atoms with Gasteiger partial charge in [0, 0.05) is 10.8 Å². The molecule has 1 N–H and O–H groups in total. The van der Waals surface area contributed by atoms with Crippen molar-refractivity contribution < 1.29 is 13.2 Å². The van der Waals surface area contributed by atoms with E-state index in [0.29, 0.717) is 38.2 Å². The summed E-state index contributed by atoms with van der Waals surface area (Å²) in [6.07, 6.45) is 0. The highest BCUT2D eigenvalue weighted by Gasteiger charge is 2.20. The summed E-state index contributed by atoms with van der Waals surface area (Å²) < 4.78 is 35.1. The van der Waals surface area contributed by atoms with E-state index >= 15 is 0 Å². The third-order valence-electron chi connectivity index (χ3n) is 4.85. The molecule has 0 saturated carbocycles. The SMILES string of the molecule is COc1ccc(S(=O)(=O)NCc2nnc(SCc3ccccc3)n2-c2cc(Cl)ccc2Cl)cc1. The lowest BCUT2D eigenvalue weighted by Crippen LogP contribution is -2.25. The van der Waals surface area contributed by atoms with Gasteiger partial charge < -0.3 is 4.74 Å². The second-order valence-corrected chi connectivity index (χ2v) is 10.7. The molecule has 0 radical (unpaired) electrons. The predicted octanol–water partition coefficient (Wildman–Crippen LogP) is 5.35. The second kappa shape index (κ2) is 10.8. The van der Waals surface area contributed by atoms with E-state index in [4.69, 9.17) is 27.9 Å². The van der Waals surface area contributed by atoms with Gasteiger partial charge in [0.2, 0.25) is 10.0 Å². The van der Waals surface area contributed by atoms with E-state index in [1.165, 1.54) is 31.0 Å². The van der Waals surface area contributed by atoms with Gasteiger partial charge in [0.15, 0.2) is 11.0 Å². The van der Waals surface area contributed by atoms with E-state index < -0.39 is 10.0 Å². The van der Waals surface area contributed by atoms with Crippen LogP contribution in [-0.4, -0.2) is 30.3 Å². The van der Waals surface area contributed by atoms with Gasteiger partial charge in [-0.1, -0.05) is 65.3 Å². The van der Waals surface area contributed by atoms with Crippen LogP contribution in [0.15, 0.2) is 82.8 Å². The van der Waals surface area contributed by atoms with Gasteiger partial charge in [-0.05, 0) is 48.0 Å². The van der Waals surface area contributed by atoms with Crippen LogP contribution in [-0.2, 0) is 22.3 Å². The molecule has 0 spiro atoms. The van der Waals surface area contributed by atoms with E-state index in [9.17, 15) is 8.42 Å². The number of benzene rings is 3. The molecule has 0 bridgehead atoms. The van der Waals surface area contributed by atoms with Crippen molar-refractivity contribution in [1.82, 2.24) is 19.5 Å². The number of ether oxygens (including phenoxy) is 1. The van der Waals surface area contributed by atoms with Gasteiger partial charge in [0.25, 0.3) is 0 Å². The zero-order valence-electron chi connectivity index (χ0n) is 18.0. The largest absolute Gasteiger partial charge is 0.497 e. The molecule has 0 saturated heterocycles. The van der Waals surface area contributed by atoms with Gasteiger partial charge in [-0.25, -0.2) is 13.1 Å². The van der Waals surface area contributed by atoms with E-state index in [-0.39, 0.29) is 11.4 Å². The number of rotatable bonds is 9. The molecule has 34 heavy (non-hydrogen) atoms. The van der Waals surface area contributed by atoms with Crippen LogP contribution in [0.25, 0.3) is 5.69 Å². The Hall–Kier alpha value is -2.56. The maximum atomic E-state index is 12.8. The Bertz CT molecular complexity index is 1380. The molecule has 1 heterocycles. The number of sulfonamides is 1. The highest BCUT2D eigenvalue weighted by molar-refractivity contribution is 7.98. The monoisotopic (exact) mass is 534 g/mol. The van der Waals surface area contributed by atoms with Crippen molar-refractivity contribution in [2.75, 3.05) is 7.11 Å². The number of nitrogens with zero attached hydrogens (tertiary/aromatic N) is 3. The molecule has 11 heteroatoms. The van der Waals surface area contributed by atoms with Gasteiger partial charge in [0.05, 0.1) is 29.3 Å². The van der Waals surface area contributed by atoms with Crippen molar-refractivity contribution in [2.45, 2.75) is 22.3 Å². The average Bonchev–Trinajstić information content (AvgIpc) is 3.26. The maximum absolute atomic E-state index is 12.8. The molecule has 0 amide bonds. The molecule has 0 aliphatic heterocycles. The lowest BCUT2D eigenvalue weighted by Gasteiger charge is -2.13. The molecule has 4 aromatic rings. The van der Waals surface area contributed by atoms with Gasteiger partial charge >= 0.3 is 0 Å². The summed E-state index contributed by atoms with van der Waals surface area (Å²) in [6, 6.07) is 21.1. The molecule has 1 aromatic heterocycles. The molecule has 0 aliphatic carbocycles. The number of thioether (sulfide) groups is 1. The maximum Gasteiger partial charge on any atom is 0.240 e. The first-order chi connectivity index (χ1) is 16.4. The molecule has 4 rings (SSSR count). The number of halogens is 2. The topological polar surface area (TPSA) is 86.1 Å². The third kappa shape index (κ3) is 5.73. The first-order valence-corrected chi connectivity index (χ1v) is 13.3. The number of methoxy groups -OCH3 is 1. The van der Waals surface area contributed by atoms with Crippen LogP contribution in [0, 0.1) is 0 Å². The summed E-state index contributed by atoms with van der Waals surface area (Å²) >= 11 is 14.2. The first-order valence-electron chi connectivity index (χ1n) is 10.1. The van der Waals surface area contributed by atoms with E-state index in [1.54, 1.807) is 34.9 Å². The van der Waals surface area contributed by atoms with Crippen LogP contribution in [0.5, 0.6) is 5.75 Å². The third-order valence-corrected chi connectivity index (χ3v) is 7.82. The average molecular weight is 535 g/mol. The first kappa shape index (κ1) is 24.6. The van der Waals surface area contributed by atoms with Crippen molar-refractivity contribution in [3.63, 3.8) is 0 Å². The van der Waals surface area contributed by atoms with Crippen LogP contribution < -0.4 is 9.46 Å². The van der Waals surface area contributed by atoms with Crippen LogP contribution in [0.2, 0.25) is 10.0 Å². The zero-order valence-corrected chi connectivity index (χ0v) is 21.1. The number of hydrogen-bond donors (Lipinski definition) is 1. The van der Waals surface area contributed by atoms with Crippen molar-refractivity contribution in [2.24, 2.45) is 0 Å². The molecule has 7 nitrogen and oxygen atoms in total. The van der Waals surface area contributed by atoms with Crippen LogP contribution in [0.3, 0.4) is 0 Å². The fraction of sp³-hybridized carbons (Fsp3) is 0.130. The summed E-state index contributed by atoms with van der Waals surface area (Å²) in [6.45, 7) is -0.101. The Morgan fingerprint density at radius 1 is 1.00 bits per heavy atom. The van der Waals surface area contributed by atoms with Crippen molar-refractivity contribution >= 4 is 45.0 Å². The van der Waals surface area contributed by atoms with E-state index in [2.05, 4.69) is 14.9 Å². The summed E-state index contributed by atoms with van der Waals surface area (Å²) in [7, 11) is -2.28. The van der Waals surface area contributed by atoms with E-state index in [0.717, 1.165) is 5.56 Å². The minimum atomic E-state index is -3.80. The Balaban J connectivity index is 1.63. The van der Waals surface area contributed by atoms with Gasteiger partial charge in [-0.15, -0.1) is 10.2 Å². The normalized spacial score (nSPS) is 11.5. The quantitative estimate of drug-likeness (QED) is 0.291. The predicted molar refractivity (Wildman–Crippen MR) is 134 cm³/mol. The second-order valence-electron chi connectivity index (χ2n) is 7.10. The lowest BCUT2D eigenvalue weighted by molar-refractivity contribution is 0.414. The Kier molecular flexibility index (Phi) is 7.80. The molecule has 0 unspecified atom stereocenters. The number of aromatic nitrogens is 3. The minimum Gasteiger partial charge on any atom is -0.497 e. The molecular formula is C23H20Cl2N4O3S2. The highest BCUT2D eigenvalue weighted by Crippen LogP contribution is 2.31. The van der Waals surface area contributed by atoms with E-state index in [1.807, 2.05) is 30.3 Å². The summed E-state index contributed by atoms with van der Waals surface area (Å²) in [5.41, 5.74) is 1.68. The van der Waals surface area contributed by atoms with Crippen LogP contribution in [0.4, 0.5) is 0 Å². The van der Waals surface area contributed by atoms with Crippen LogP contribution in [0.1, 0.15) is 11.4 Å². The lowest BCUT2D eigenvalue weighted by atomic mass is 10.2. The van der Waals surface area contributed by atoms with Gasteiger partial charge in [-0.2, -0.15) is 0 Å². The number of nitrogens with one attached hydrogen (secondary N) is 1. The molecule has 0 atom stereocenters. The minimum absolute atomic E-state index is 0.101. The molecule has 0 aliphatic rings. The fourth-order valence-electron chi connectivity index (χ4n) is 3.13. The molecular weight excluding hydrogens is 515 g/mol. The molecule has 176 valence electrons. The smallest absolute Gasteiger partial charge is 0.240 e. The van der Waals surface area contributed by atoms with Gasteiger partial charge in [0.1, 0.15) is 5.75 Å². The van der Waals surface area contributed by atoms with Crippen molar-refractivity contribution in [3.8, 4) is 11.4 Å². The highest BCUT2D eigenvalue weighted by atomic mass is 35.5. The number of hydrogen-bond acceptors (Lipinski definition) is 6. The fourth-order valence-corrected chi connectivity index (χ4v) is 5.40. The van der Waals surface area contributed by atoms with Crippen LogP contribution >= 0.6 is 35.0 Å². The van der Waals surface area contributed by atoms with Crippen molar-refractivity contribution in [3.05, 3.63) is 94.2 Å². The Labute approximate surface area is 212 Å².